The number of carbonyl (C=O) groups excluding carboxylic acids is 2. The maximum Gasteiger partial charge on any atom is 0.310 e. The molecule has 0 aliphatic heterocycles. The molecule has 2 aromatic carbocycles. The molecule has 0 spiro atoms. The van der Waals surface area contributed by atoms with Crippen LogP contribution in [0.1, 0.15) is 12.0 Å². The molecule has 1 amide bonds. The number of para-hydroxylation sites is 1. The third kappa shape index (κ3) is 7.27. The van der Waals surface area contributed by atoms with E-state index in [1.165, 1.54) is 0 Å². The van der Waals surface area contributed by atoms with Crippen LogP contribution < -0.4 is 10.2 Å². The van der Waals surface area contributed by atoms with Gasteiger partial charge in [0.2, 0.25) is 0 Å². The van der Waals surface area contributed by atoms with Gasteiger partial charge in [-0.15, -0.1) is 0 Å². The number of amides is 1. The van der Waals surface area contributed by atoms with Crippen molar-refractivity contribution in [2.45, 2.75) is 12.8 Å². The van der Waals surface area contributed by atoms with Gasteiger partial charge in [-0.3, -0.25) is 9.59 Å². The SMILES string of the molecule is CN(CCCNC(=O)COC(=O)Cc1ccc(Br)cc1)c1ccccc1. The fourth-order valence-electron chi connectivity index (χ4n) is 2.37. The van der Waals surface area contributed by atoms with Crippen molar-refractivity contribution >= 4 is 33.5 Å². The van der Waals surface area contributed by atoms with Gasteiger partial charge in [-0.25, -0.2) is 0 Å². The van der Waals surface area contributed by atoms with E-state index in [2.05, 4.69) is 26.1 Å². The molecule has 0 bridgehead atoms. The highest BCUT2D eigenvalue weighted by Gasteiger charge is 2.08. The van der Waals surface area contributed by atoms with Crippen molar-refractivity contribution in [1.82, 2.24) is 5.32 Å². The smallest absolute Gasteiger partial charge is 0.310 e. The summed E-state index contributed by atoms with van der Waals surface area (Å²) in [7, 11) is 2.01. The molecule has 1 N–H and O–H groups in total. The van der Waals surface area contributed by atoms with Crippen molar-refractivity contribution in [2.75, 3.05) is 31.6 Å². The van der Waals surface area contributed by atoms with Gasteiger partial charge >= 0.3 is 5.97 Å². The lowest BCUT2D eigenvalue weighted by molar-refractivity contribution is -0.147. The Balaban J connectivity index is 1.58. The van der Waals surface area contributed by atoms with Crippen LogP contribution in [0, 0.1) is 0 Å². The van der Waals surface area contributed by atoms with Gasteiger partial charge in [0.1, 0.15) is 0 Å². The van der Waals surface area contributed by atoms with Crippen molar-refractivity contribution in [3.05, 3.63) is 64.6 Å². The summed E-state index contributed by atoms with van der Waals surface area (Å²) in [6.07, 6.45) is 0.965. The summed E-state index contributed by atoms with van der Waals surface area (Å²) in [5.41, 5.74) is 1.99. The zero-order valence-corrected chi connectivity index (χ0v) is 16.4. The topological polar surface area (TPSA) is 58.6 Å². The Labute approximate surface area is 162 Å². The minimum atomic E-state index is -0.411. The molecular weight excluding hydrogens is 396 g/mol. The fourth-order valence-corrected chi connectivity index (χ4v) is 2.64. The molecule has 0 heterocycles. The first-order valence-electron chi connectivity index (χ1n) is 8.47. The van der Waals surface area contributed by atoms with Gasteiger partial charge in [-0.05, 0) is 36.2 Å². The lowest BCUT2D eigenvalue weighted by Crippen LogP contribution is -2.31. The molecule has 26 heavy (non-hydrogen) atoms. The quantitative estimate of drug-likeness (QED) is 0.501. The highest BCUT2D eigenvalue weighted by Crippen LogP contribution is 2.11. The second kappa shape index (κ2) is 10.6. The molecule has 0 aromatic heterocycles. The molecule has 2 aromatic rings. The van der Waals surface area contributed by atoms with Crippen molar-refractivity contribution in [1.29, 1.82) is 0 Å². The average molecular weight is 419 g/mol. The van der Waals surface area contributed by atoms with Gasteiger partial charge in [0.05, 0.1) is 6.42 Å². The first-order valence-corrected chi connectivity index (χ1v) is 9.27. The monoisotopic (exact) mass is 418 g/mol. The minimum Gasteiger partial charge on any atom is -0.455 e. The van der Waals surface area contributed by atoms with Crippen LogP contribution in [0.2, 0.25) is 0 Å². The van der Waals surface area contributed by atoms with E-state index in [1.54, 1.807) is 0 Å². The van der Waals surface area contributed by atoms with Gasteiger partial charge in [0.15, 0.2) is 6.61 Å². The summed E-state index contributed by atoms with van der Waals surface area (Å²) in [6.45, 7) is 1.12. The van der Waals surface area contributed by atoms with Gasteiger partial charge in [-0.1, -0.05) is 46.3 Å². The van der Waals surface area contributed by atoms with Crippen LogP contribution in [0.5, 0.6) is 0 Å². The van der Waals surface area contributed by atoms with Crippen molar-refractivity contribution in [2.24, 2.45) is 0 Å². The Hall–Kier alpha value is -2.34. The fraction of sp³-hybridized carbons (Fsp3) is 0.300. The highest BCUT2D eigenvalue weighted by atomic mass is 79.9. The molecule has 5 nitrogen and oxygen atoms in total. The van der Waals surface area contributed by atoms with E-state index in [0.29, 0.717) is 6.54 Å². The number of anilines is 1. The number of nitrogens with zero attached hydrogens (tertiary/aromatic N) is 1. The number of carbonyl (C=O) groups is 2. The molecule has 0 atom stereocenters. The molecule has 138 valence electrons. The van der Waals surface area contributed by atoms with E-state index in [0.717, 1.165) is 28.7 Å². The number of halogens is 1. The van der Waals surface area contributed by atoms with Gasteiger partial charge in [0, 0.05) is 30.3 Å². The Kier molecular flexibility index (Phi) is 8.15. The number of benzene rings is 2. The zero-order valence-electron chi connectivity index (χ0n) is 14.8. The lowest BCUT2D eigenvalue weighted by Gasteiger charge is -2.19. The minimum absolute atomic E-state index is 0.155. The molecule has 6 heteroatoms. The summed E-state index contributed by atoms with van der Waals surface area (Å²) in [5.74, 6) is -0.692. The number of nitrogens with one attached hydrogen (secondary N) is 1. The molecule has 0 unspecified atom stereocenters. The predicted molar refractivity (Wildman–Crippen MR) is 106 cm³/mol. The molecule has 0 fully saturated rings. The van der Waals surface area contributed by atoms with Crippen LogP contribution in [0.4, 0.5) is 5.69 Å². The third-order valence-electron chi connectivity index (χ3n) is 3.82. The summed E-state index contributed by atoms with van der Waals surface area (Å²) in [4.78, 5) is 25.6. The largest absolute Gasteiger partial charge is 0.455 e. The van der Waals surface area contributed by atoms with Crippen LogP contribution in [-0.2, 0) is 20.7 Å². The van der Waals surface area contributed by atoms with Crippen LogP contribution in [0.3, 0.4) is 0 Å². The molecular formula is C20H23BrN2O3. The van der Waals surface area contributed by atoms with E-state index in [4.69, 9.17) is 4.74 Å². The second-order valence-corrected chi connectivity index (χ2v) is 6.84. The summed E-state index contributed by atoms with van der Waals surface area (Å²) in [6, 6.07) is 17.5. The number of hydrogen-bond donors (Lipinski definition) is 1. The predicted octanol–water partition coefficient (Wildman–Crippen LogP) is 3.18. The molecule has 2 rings (SSSR count). The molecule has 0 aliphatic carbocycles. The summed E-state index contributed by atoms with van der Waals surface area (Å²) in [5, 5.41) is 2.77. The molecule has 0 saturated heterocycles. The maximum absolute atomic E-state index is 11.8. The van der Waals surface area contributed by atoms with Crippen molar-refractivity contribution in [3.8, 4) is 0 Å². The number of hydrogen-bond acceptors (Lipinski definition) is 4. The van der Waals surface area contributed by atoms with E-state index >= 15 is 0 Å². The molecule has 0 radical (unpaired) electrons. The second-order valence-electron chi connectivity index (χ2n) is 5.92. The third-order valence-corrected chi connectivity index (χ3v) is 4.34. The van der Waals surface area contributed by atoms with Crippen molar-refractivity contribution in [3.63, 3.8) is 0 Å². The van der Waals surface area contributed by atoms with Crippen LogP contribution in [-0.4, -0.2) is 38.6 Å². The Morgan fingerprint density at radius 1 is 1.08 bits per heavy atom. The normalized spacial score (nSPS) is 10.2. The number of ether oxygens (including phenoxy) is 1. The number of rotatable bonds is 9. The average Bonchev–Trinajstić information content (AvgIpc) is 2.66. The number of esters is 1. The standard InChI is InChI=1S/C20H23BrN2O3/c1-23(18-6-3-2-4-7-18)13-5-12-22-19(24)15-26-20(25)14-16-8-10-17(21)11-9-16/h2-4,6-11H,5,12-15H2,1H3,(H,22,24). The lowest BCUT2D eigenvalue weighted by atomic mass is 10.2. The summed E-state index contributed by atoms with van der Waals surface area (Å²) < 4.78 is 5.96. The van der Waals surface area contributed by atoms with Crippen molar-refractivity contribution < 1.29 is 14.3 Å². The Morgan fingerprint density at radius 3 is 2.46 bits per heavy atom. The Bertz CT molecular complexity index is 705. The van der Waals surface area contributed by atoms with E-state index in [9.17, 15) is 9.59 Å². The van der Waals surface area contributed by atoms with Crippen LogP contribution in [0.25, 0.3) is 0 Å². The van der Waals surface area contributed by atoms with E-state index in [-0.39, 0.29) is 18.9 Å². The zero-order chi connectivity index (χ0) is 18.8. The Morgan fingerprint density at radius 2 is 1.77 bits per heavy atom. The summed E-state index contributed by atoms with van der Waals surface area (Å²) >= 11 is 3.34. The first kappa shape index (κ1) is 20.0. The van der Waals surface area contributed by atoms with E-state index in [1.807, 2.05) is 61.6 Å². The van der Waals surface area contributed by atoms with Crippen LogP contribution in [0.15, 0.2) is 59.1 Å². The highest BCUT2D eigenvalue weighted by molar-refractivity contribution is 9.10. The first-order chi connectivity index (χ1) is 12.5. The van der Waals surface area contributed by atoms with Gasteiger partial charge < -0.3 is 15.0 Å². The maximum atomic E-state index is 11.8. The van der Waals surface area contributed by atoms with Crippen LogP contribution >= 0.6 is 15.9 Å². The molecule has 0 aliphatic rings. The van der Waals surface area contributed by atoms with E-state index < -0.39 is 5.97 Å². The molecule has 0 saturated carbocycles. The van der Waals surface area contributed by atoms with Gasteiger partial charge in [-0.2, -0.15) is 0 Å². The van der Waals surface area contributed by atoms with Gasteiger partial charge in [0.25, 0.3) is 5.91 Å².